The van der Waals surface area contributed by atoms with Gasteiger partial charge in [0, 0.05) is 17.1 Å². The summed E-state index contributed by atoms with van der Waals surface area (Å²) in [5.41, 5.74) is 1.82. The molecule has 0 fully saturated rings. The molecule has 94 valence electrons. The van der Waals surface area contributed by atoms with Crippen LogP contribution in [0.15, 0.2) is 23.6 Å². The van der Waals surface area contributed by atoms with Gasteiger partial charge >= 0.3 is 5.97 Å². The van der Waals surface area contributed by atoms with Crippen LogP contribution in [0.5, 0.6) is 5.75 Å². The number of hydrogen-bond acceptors (Lipinski definition) is 5. The highest BCUT2D eigenvalue weighted by molar-refractivity contribution is 7.13. The summed E-state index contributed by atoms with van der Waals surface area (Å²) in [6.45, 7) is 1.91. The first-order valence-corrected chi connectivity index (χ1v) is 6.08. The van der Waals surface area contributed by atoms with Crippen molar-refractivity contribution < 1.29 is 14.6 Å². The molecule has 0 atom stereocenters. The Morgan fingerprint density at radius 2 is 2.28 bits per heavy atom. The Bertz CT molecular complexity index is 580. The molecule has 0 bridgehead atoms. The Balaban J connectivity index is 2.27. The van der Waals surface area contributed by atoms with E-state index < -0.39 is 5.97 Å². The number of aryl methyl sites for hydroxylation is 1. The molecule has 2 N–H and O–H groups in total. The van der Waals surface area contributed by atoms with Crippen LogP contribution in [0.1, 0.15) is 16.1 Å². The van der Waals surface area contributed by atoms with E-state index in [0.29, 0.717) is 5.75 Å². The van der Waals surface area contributed by atoms with E-state index >= 15 is 0 Å². The van der Waals surface area contributed by atoms with Crippen LogP contribution in [0.4, 0.5) is 10.8 Å². The molecule has 1 aromatic heterocycles. The maximum Gasteiger partial charge on any atom is 0.339 e. The first-order chi connectivity index (χ1) is 8.60. The number of ether oxygens (including phenoxy) is 1. The molecule has 0 spiro atoms. The Morgan fingerprint density at radius 3 is 2.83 bits per heavy atom. The Hall–Kier alpha value is -2.08. The summed E-state index contributed by atoms with van der Waals surface area (Å²) in [5.74, 6) is -0.690. The van der Waals surface area contributed by atoms with Gasteiger partial charge in [-0.25, -0.2) is 9.78 Å². The molecule has 1 aromatic carbocycles. The van der Waals surface area contributed by atoms with E-state index in [-0.39, 0.29) is 5.56 Å². The number of carbonyl (C=O) groups is 1. The molecular formula is C12H12N2O3S. The lowest BCUT2D eigenvalue weighted by atomic mass is 10.2. The highest BCUT2D eigenvalue weighted by atomic mass is 32.1. The van der Waals surface area contributed by atoms with Crippen molar-refractivity contribution in [2.75, 3.05) is 12.4 Å². The highest BCUT2D eigenvalue weighted by Gasteiger charge is 2.11. The van der Waals surface area contributed by atoms with Gasteiger partial charge in [-0.3, -0.25) is 0 Å². The van der Waals surface area contributed by atoms with E-state index in [1.165, 1.54) is 24.5 Å². The number of carboxylic acid groups (broad SMARTS) is 1. The molecule has 0 radical (unpaired) electrons. The summed E-state index contributed by atoms with van der Waals surface area (Å²) in [6, 6.07) is 4.83. The molecule has 0 saturated carbocycles. The van der Waals surface area contributed by atoms with Crippen molar-refractivity contribution >= 4 is 28.1 Å². The lowest BCUT2D eigenvalue weighted by Crippen LogP contribution is -2.01. The quantitative estimate of drug-likeness (QED) is 0.888. The normalized spacial score (nSPS) is 10.1. The van der Waals surface area contributed by atoms with Gasteiger partial charge in [-0.05, 0) is 19.1 Å². The summed E-state index contributed by atoms with van der Waals surface area (Å²) >= 11 is 1.49. The number of hydrogen-bond donors (Lipinski definition) is 2. The molecule has 0 aliphatic carbocycles. The first-order valence-electron chi connectivity index (χ1n) is 5.20. The topological polar surface area (TPSA) is 71.5 Å². The Morgan fingerprint density at radius 1 is 1.50 bits per heavy atom. The molecule has 0 aliphatic rings. The van der Waals surface area contributed by atoms with E-state index in [0.717, 1.165) is 16.5 Å². The molecular weight excluding hydrogens is 252 g/mol. The van der Waals surface area contributed by atoms with E-state index in [9.17, 15) is 4.79 Å². The number of aromatic nitrogens is 1. The molecule has 18 heavy (non-hydrogen) atoms. The molecule has 0 unspecified atom stereocenters. The van der Waals surface area contributed by atoms with Crippen molar-refractivity contribution in [3.63, 3.8) is 0 Å². The van der Waals surface area contributed by atoms with E-state index in [1.54, 1.807) is 12.1 Å². The van der Waals surface area contributed by atoms with Gasteiger partial charge in [0.25, 0.3) is 0 Å². The van der Waals surface area contributed by atoms with E-state index in [4.69, 9.17) is 9.84 Å². The number of carboxylic acids is 1. The zero-order valence-corrected chi connectivity index (χ0v) is 10.7. The van der Waals surface area contributed by atoms with Crippen molar-refractivity contribution in [3.05, 3.63) is 34.8 Å². The van der Waals surface area contributed by atoms with Crippen LogP contribution < -0.4 is 10.1 Å². The van der Waals surface area contributed by atoms with Gasteiger partial charge in [-0.1, -0.05) is 0 Å². The smallest absolute Gasteiger partial charge is 0.339 e. The molecule has 2 rings (SSSR count). The predicted octanol–water partition coefficient (Wildman–Crippen LogP) is 2.90. The monoisotopic (exact) mass is 264 g/mol. The minimum Gasteiger partial charge on any atom is -0.496 e. The maximum absolute atomic E-state index is 10.9. The number of nitrogens with one attached hydrogen (secondary N) is 1. The van der Waals surface area contributed by atoms with Crippen LogP contribution in [0.3, 0.4) is 0 Å². The van der Waals surface area contributed by atoms with Gasteiger partial charge in [0.05, 0.1) is 12.8 Å². The van der Waals surface area contributed by atoms with E-state index in [2.05, 4.69) is 10.3 Å². The van der Waals surface area contributed by atoms with Gasteiger partial charge in [0.1, 0.15) is 11.3 Å². The number of benzene rings is 1. The van der Waals surface area contributed by atoms with Gasteiger partial charge in [0.2, 0.25) is 0 Å². The fourth-order valence-corrected chi connectivity index (χ4v) is 2.19. The first kappa shape index (κ1) is 12.4. The zero-order chi connectivity index (χ0) is 13.1. The lowest BCUT2D eigenvalue weighted by molar-refractivity contribution is 0.0693. The average Bonchev–Trinajstić information content (AvgIpc) is 2.74. The summed E-state index contributed by atoms with van der Waals surface area (Å²) < 4.78 is 5.05. The van der Waals surface area contributed by atoms with E-state index in [1.807, 2.05) is 12.3 Å². The second-order valence-electron chi connectivity index (χ2n) is 3.64. The Kier molecular flexibility index (Phi) is 3.47. The number of aromatic carboxylic acids is 1. The summed E-state index contributed by atoms with van der Waals surface area (Å²) in [5, 5.41) is 14.8. The second-order valence-corrected chi connectivity index (χ2v) is 4.50. The van der Waals surface area contributed by atoms with Crippen LogP contribution in [-0.2, 0) is 0 Å². The van der Waals surface area contributed by atoms with Crippen LogP contribution in [0, 0.1) is 6.92 Å². The number of rotatable bonds is 4. The number of thiazole rings is 1. The van der Waals surface area contributed by atoms with Gasteiger partial charge in [-0.2, -0.15) is 0 Å². The van der Waals surface area contributed by atoms with Crippen molar-refractivity contribution in [1.29, 1.82) is 0 Å². The standard InChI is InChI=1S/C12H12N2O3S/c1-7-6-18-12(13-7)14-8-3-4-9(11(15)16)10(5-8)17-2/h3-6H,1-2H3,(H,13,14)(H,15,16). The largest absolute Gasteiger partial charge is 0.496 e. The molecule has 0 amide bonds. The Labute approximate surface area is 108 Å². The third-order valence-electron chi connectivity index (χ3n) is 2.30. The SMILES string of the molecule is COc1cc(Nc2nc(C)cs2)ccc1C(=O)O. The molecule has 0 aliphatic heterocycles. The van der Waals surface area contributed by atoms with Gasteiger partial charge < -0.3 is 15.2 Å². The predicted molar refractivity (Wildman–Crippen MR) is 70.1 cm³/mol. The molecule has 0 saturated heterocycles. The van der Waals surface area contributed by atoms with Crippen molar-refractivity contribution in [3.8, 4) is 5.75 Å². The second kappa shape index (κ2) is 5.05. The average molecular weight is 264 g/mol. The molecule has 2 aromatic rings. The third-order valence-corrected chi connectivity index (χ3v) is 3.18. The number of methoxy groups -OCH3 is 1. The summed E-state index contributed by atoms with van der Waals surface area (Å²) in [6.07, 6.45) is 0. The van der Waals surface area contributed by atoms with Crippen LogP contribution in [0.2, 0.25) is 0 Å². The van der Waals surface area contributed by atoms with Gasteiger partial charge in [0.15, 0.2) is 5.13 Å². The fraction of sp³-hybridized carbons (Fsp3) is 0.167. The summed E-state index contributed by atoms with van der Waals surface area (Å²) in [4.78, 5) is 15.2. The van der Waals surface area contributed by atoms with Crippen molar-refractivity contribution in [1.82, 2.24) is 4.98 Å². The number of anilines is 2. The summed E-state index contributed by atoms with van der Waals surface area (Å²) in [7, 11) is 1.44. The maximum atomic E-state index is 10.9. The number of nitrogens with zero attached hydrogens (tertiary/aromatic N) is 1. The molecule has 1 heterocycles. The van der Waals surface area contributed by atoms with Crippen LogP contribution in [-0.4, -0.2) is 23.2 Å². The minimum absolute atomic E-state index is 0.137. The van der Waals surface area contributed by atoms with Crippen LogP contribution >= 0.6 is 11.3 Å². The zero-order valence-electron chi connectivity index (χ0n) is 9.93. The van der Waals surface area contributed by atoms with Crippen molar-refractivity contribution in [2.45, 2.75) is 6.92 Å². The third kappa shape index (κ3) is 2.60. The fourth-order valence-electron chi connectivity index (χ4n) is 1.48. The minimum atomic E-state index is -1.01. The highest BCUT2D eigenvalue weighted by Crippen LogP contribution is 2.26. The molecule has 5 nitrogen and oxygen atoms in total. The van der Waals surface area contributed by atoms with Crippen molar-refractivity contribution in [2.24, 2.45) is 0 Å². The van der Waals surface area contributed by atoms with Gasteiger partial charge in [-0.15, -0.1) is 11.3 Å². The lowest BCUT2D eigenvalue weighted by Gasteiger charge is -2.08. The van der Waals surface area contributed by atoms with Crippen LogP contribution in [0.25, 0.3) is 0 Å². The molecule has 6 heteroatoms.